The first kappa shape index (κ1) is 8.63. The van der Waals surface area contributed by atoms with E-state index < -0.39 is 5.72 Å². The summed E-state index contributed by atoms with van der Waals surface area (Å²) >= 11 is 0. The third kappa shape index (κ3) is 2.61. The molecule has 0 spiro atoms. The molecule has 1 unspecified atom stereocenters. The monoisotopic (exact) mass is 129 g/mol. The van der Waals surface area contributed by atoms with Crippen molar-refractivity contribution in [2.45, 2.75) is 38.8 Å². The molecule has 0 radical (unpaired) electrons. The first-order chi connectivity index (χ1) is 4.18. The first-order valence-electron chi connectivity index (χ1n) is 3.38. The van der Waals surface area contributed by atoms with Gasteiger partial charge < -0.3 is 5.11 Å². The third-order valence-corrected chi connectivity index (χ3v) is 1.51. The SMILES string of the molecule is C=NC(O)(CC)CCC. The summed E-state index contributed by atoms with van der Waals surface area (Å²) in [6.45, 7) is 7.25. The highest BCUT2D eigenvalue weighted by molar-refractivity contribution is 5.24. The Morgan fingerprint density at radius 2 is 2.11 bits per heavy atom. The zero-order valence-electron chi connectivity index (χ0n) is 6.22. The molecule has 0 saturated heterocycles. The Kier molecular flexibility index (Phi) is 3.47. The molecule has 2 nitrogen and oxygen atoms in total. The van der Waals surface area contributed by atoms with E-state index in [-0.39, 0.29) is 0 Å². The number of aliphatic imine (C=N–C) groups is 1. The van der Waals surface area contributed by atoms with Gasteiger partial charge in [0.05, 0.1) is 0 Å². The number of rotatable bonds is 4. The van der Waals surface area contributed by atoms with Crippen LogP contribution in [0.3, 0.4) is 0 Å². The summed E-state index contributed by atoms with van der Waals surface area (Å²) in [5.74, 6) is 0. The van der Waals surface area contributed by atoms with Crippen LogP contribution in [0, 0.1) is 0 Å². The van der Waals surface area contributed by atoms with Crippen LogP contribution < -0.4 is 0 Å². The Bertz CT molecular complexity index is 92.9. The molecule has 0 aliphatic carbocycles. The fraction of sp³-hybridized carbons (Fsp3) is 0.857. The molecule has 0 aliphatic rings. The van der Waals surface area contributed by atoms with Crippen molar-refractivity contribution >= 4 is 6.72 Å². The van der Waals surface area contributed by atoms with E-state index in [2.05, 4.69) is 11.7 Å². The summed E-state index contributed by atoms with van der Waals surface area (Å²) in [7, 11) is 0. The van der Waals surface area contributed by atoms with E-state index in [1.54, 1.807) is 0 Å². The lowest BCUT2D eigenvalue weighted by Gasteiger charge is -2.19. The second-order valence-electron chi connectivity index (χ2n) is 2.24. The van der Waals surface area contributed by atoms with E-state index >= 15 is 0 Å². The third-order valence-electron chi connectivity index (χ3n) is 1.51. The Hall–Kier alpha value is -0.370. The van der Waals surface area contributed by atoms with Crippen molar-refractivity contribution in [2.24, 2.45) is 4.99 Å². The molecule has 0 aromatic heterocycles. The highest BCUT2D eigenvalue weighted by Crippen LogP contribution is 2.16. The maximum absolute atomic E-state index is 9.40. The minimum absolute atomic E-state index is 0.657. The summed E-state index contributed by atoms with van der Waals surface area (Å²) < 4.78 is 0. The lowest BCUT2D eigenvalue weighted by atomic mass is 10.1. The highest BCUT2D eigenvalue weighted by Gasteiger charge is 2.19. The number of aliphatic hydroxyl groups is 1. The van der Waals surface area contributed by atoms with Gasteiger partial charge in [-0.25, -0.2) is 0 Å². The van der Waals surface area contributed by atoms with Crippen LogP contribution in [0.4, 0.5) is 0 Å². The maximum atomic E-state index is 9.40. The van der Waals surface area contributed by atoms with Crippen LogP contribution in [0.25, 0.3) is 0 Å². The van der Waals surface area contributed by atoms with Gasteiger partial charge in [0.25, 0.3) is 0 Å². The molecule has 0 rings (SSSR count). The van der Waals surface area contributed by atoms with E-state index in [1.165, 1.54) is 0 Å². The highest BCUT2D eigenvalue weighted by atomic mass is 16.3. The van der Waals surface area contributed by atoms with Gasteiger partial charge in [-0.05, 0) is 19.6 Å². The lowest BCUT2D eigenvalue weighted by Crippen LogP contribution is -2.23. The van der Waals surface area contributed by atoms with Gasteiger partial charge in [0.15, 0.2) is 5.72 Å². The molecule has 1 N–H and O–H groups in total. The van der Waals surface area contributed by atoms with E-state index in [4.69, 9.17) is 0 Å². The quantitative estimate of drug-likeness (QED) is 0.574. The Labute approximate surface area is 56.6 Å². The van der Waals surface area contributed by atoms with Gasteiger partial charge in [-0.3, -0.25) is 4.99 Å². The minimum atomic E-state index is -0.852. The minimum Gasteiger partial charge on any atom is -0.369 e. The topological polar surface area (TPSA) is 32.6 Å². The molecule has 2 heteroatoms. The van der Waals surface area contributed by atoms with Crippen molar-refractivity contribution in [1.29, 1.82) is 0 Å². The largest absolute Gasteiger partial charge is 0.369 e. The van der Waals surface area contributed by atoms with Crippen LogP contribution in [0.1, 0.15) is 33.1 Å². The zero-order valence-corrected chi connectivity index (χ0v) is 6.22. The Balaban J connectivity index is 3.76. The predicted molar refractivity (Wildman–Crippen MR) is 39.7 cm³/mol. The zero-order chi connectivity index (χ0) is 7.33. The number of hydrogen-bond donors (Lipinski definition) is 1. The van der Waals surface area contributed by atoms with Crippen molar-refractivity contribution < 1.29 is 5.11 Å². The molecule has 54 valence electrons. The molecule has 0 aliphatic heterocycles. The normalized spacial score (nSPS) is 16.8. The average Bonchev–Trinajstić information content (AvgIpc) is 1.89. The number of hydrogen-bond acceptors (Lipinski definition) is 2. The van der Waals surface area contributed by atoms with Crippen molar-refractivity contribution in [3.8, 4) is 0 Å². The molecule has 0 amide bonds. The molecule has 0 aromatic carbocycles. The van der Waals surface area contributed by atoms with Crippen molar-refractivity contribution in [2.75, 3.05) is 0 Å². The van der Waals surface area contributed by atoms with Gasteiger partial charge in [0.1, 0.15) is 0 Å². The molecule has 0 heterocycles. The van der Waals surface area contributed by atoms with Crippen LogP contribution in [-0.4, -0.2) is 17.5 Å². The van der Waals surface area contributed by atoms with Crippen molar-refractivity contribution in [1.82, 2.24) is 0 Å². The van der Waals surface area contributed by atoms with E-state index in [0.717, 1.165) is 6.42 Å². The summed E-state index contributed by atoms with van der Waals surface area (Å²) in [6, 6.07) is 0. The molecule has 0 saturated carbocycles. The van der Waals surface area contributed by atoms with Gasteiger partial charge in [-0.15, -0.1) is 0 Å². The fourth-order valence-electron chi connectivity index (χ4n) is 0.768. The summed E-state index contributed by atoms with van der Waals surface area (Å²) in [4.78, 5) is 3.63. The Morgan fingerprint density at radius 3 is 2.22 bits per heavy atom. The van der Waals surface area contributed by atoms with Crippen LogP contribution in [0.15, 0.2) is 4.99 Å². The van der Waals surface area contributed by atoms with Crippen LogP contribution in [0.2, 0.25) is 0 Å². The van der Waals surface area contributed by atoms with Crippen molar-refractivity contribution in [3.05, 3.63) is 0 Å². The molecule has 9 heavy (non-hydrogen) atoms. The van der Waals surface area contributed by atoms with Crippen LogP contribution >= 0.6 is 0 Å². The molecule has 0 aromatic rings. The van der Waals surface area contributed by atoms with E-state index in [1.807, 2.05) is 13.8 Å². The molecular formula is C7H15NO. The molecule has 1 atom stereocenters. The molecule has 0 fully saturated rings. The maximum Gasteiger partial charge on any atom is 0.154 e. The van der Waals surface area contributed by atoms with Gasteiger partial charge in [0.2, 0.25) is 0 Å². The predicted octanol–water partition coefficient (Wildman–Crippen LogP) is 1.59. The fourth-order valence-corrected chi connectivity index (χ4v) is 0.768. The summed E-state index contributed by atoms with van der Waals surface area (Å²) in [5.41, 5.74) is -0.852. The molecule has 0 bridgehead atoms. The van der Waals surface area contributed by atoms with Gasteiger partial charge in [-0.2, -0.15) is 0 Å². The first-order valence-corrected chi connectivity index (χ1v) is 3.38. The van der Waals surface area contributed by atoms with Gasteiger partial charge >= 0.3 is 0 Å². The smallest absolute Gasteiger partial charge is 0.154 e. The lowest BCUT2D eigenvalue weighted by molar-refractivity contribution is 0.0371. The second-order valence-corrected chi connectivity index (χ2v) is 2.24. The van der Waals surface area contributed by atoms with Crippen molar-refractivity contribution in [3.63, 3.8) is 0 Å². The van der Waals surface area contributed by atoms with Gasteiger partial charge in [-0.1, -0.05) is 20.3 Å². The Morgan fingerprint density at radius 1 is 1.56 bits per heavy atom. The van der Waals surface area contributed by atoms with E-state index in [9.17, 15) is 5.11 Å². The van der Waals surface area contributed by atoms with Crippen LogP contribution in [0.5, 0.6) is 0 Å². The molecular weight excluding hydrogens is 114 g/mol. The number of nitrogens with zero attached hydrogens (tertiary/aromatic N) is 1. The summed E-state index contributed by atoms with van der Waals surface area (Å²) in [6.07, 6.45) is 2.32. The summed E-state index contributed by atoms with van der Waals surface area (Å²) in [5, 5.41) is 9.40. The van der Waals surface area contributed by atoms with Crippen LogP contribution in [-0.2, 0) is 0 Å². The average molecular weight is 129 g/mol. The standard InChI is InChI=1S/C7H15NO/c1-4-6-7(9,5-2)8-3/h9H,3-6H2,1-2H3. The van der Waals surface area contributed by atoms with Gasteiger partial charge in [0, 0.05) is 0 Å². The second kappa shape index (κ2) is 3.62. The van der Waals surface area contributed by atoms with E-state index in [0.29, 0.717) is 12.8 Å².